The first-order chi connectivity index (χ1) is 5.81. The molecule has 0 amide bonds. The van der Waals surface area contributed by atoms with Crippen molar-refractivity contribution in [3.8, 4) is 0 Å². The van der Waals surface area contributed by atoms with Crippen LogP contribution >= 0.6 is 11.6 Å². The highest BCUT2D eigenvalue weighted by molar-refractivity contribution is 6.17. The molecule has 0 saturated heterocycles. The Morgan fingerprint density at radius 3 is 2.67 bits per heavy atom. The van der Waals surface area contributed by atoms with E-state index in [0.717, 1.165) is 30.6 Å². The van der Waals surface area contributed by atoms with Gasteiger partial charge in [-0.05, 0) is 49.9 Å². The van der Waals surface area contributed by atoms with Gasteiger partial charge in [0.25, 0.3) is 0 Å². The number of halogens is 1. The molecule has 0 aromatic rings. The van der Waals surface area contributed by atoms with E-state index in [-0.39, 0.29) is 6.10 Å². The fourth-order valence-electron chi connectivity index (χ4n) is 3.13. The zero-order valence-corrected chi connectivity index (χ0v) is 8.13. The van der Waals surface area contributed by atoms with Crippen molar-refractivity contribution in [3.05, 3.63) is 0 Å². The van der Waals surface area contributed by atoms with Crippen LogP contribution in [-0.2, 0) is 0 Å². The van der Waals surface area contributed by atoms with Crippen LogP contribution in [0.3, 0.4) is 0 Å². The summed E-state index contributed by atoms with van der Waals surface area (Å²) in [6, 6.07) is 0. The highest BCUT2D eigenvalue weighted by Crippen LogP contribution is 2.49. The topological polar surface area (TPSA) is 20.2 Å². The molecule has 0 heterocycles. The maximum absolute atomic E-state index is 9.66. The highest BCUT2D eigenvalue weighted by Gasteiger charge is 2.44. The van der Waals surface area contributed by atoms with Crippen molar-refractivity contribution < 1.29 is 5.11 Å². The minimum absolute atomic E-state index is 0.0177. The van der Waals surface area contributed by atoms with E-state index in [2.05, 4.69) is 0 Å². The Morgan fingerprint density at radius 1 is 1.25 bits per heavy atom. The van der Waals surface area contributed by atoms with Crippen LogP contribution in [0.5, 0.6) is 0 Å². The van der Waals surface area contributed by atoms with Gasteiger partial charge in [-0.25, -0.2) is 0 Å². The van der Waals surface area contributed by atoms with Gasteiger partial charge in [0.1, 0.15) is 0 Å². The summed E-state index contributed by atoms with van der Waals surface area (Å²) >= 11 is 5.66. The molecule has 0 spiro atoms. The molecule has 2 fully saturated rings. The molecule has 12 heavy (non-hydrogen) atoms. The molecule has 1 N–H and O–H groups in total. The lowest BCUT2D eigenvalue weighted by Crippen LogP contribution is -2.24. The van der Waals surface area contributed by atoms with Gasteiger partial charge >= 0.3 is 0 Å². The lowest BCUT2D eigenvalue weighted by molar-refractivity contribution is 0.0778. The number of hydrogen-bond donors (Lipinski definition) is 1. The third kappa shape index (κ3) is 1.49. The second-order valence-electron chi connectivity index (χ2n) is 4.40. The Balaban J connectivity index is 1.85. The minimum Gasteiger partial charge on any atom is -0.393 e. The second-order valence-corrected chi connectivity index (χ2v) is 4.77. The summed E-state index contributed by atoms with van der Waals surface area (Å²) in [5, 5.41) is 9.66. The lowest BCUT2D eigenvalue weighted by Gasteiger charge is -2.25. The number of aliphatic hydroxyl groups is 1. The number of fused-ring (bicyclic) bond motifs is 2. The Bertz CT molecular complexity index is 160. The smallest absolute Gasteiger partial charge is 0.0573 e. The summed E-state index contributed by atoms with van der Waals surface area (Å²) in [5.41, 5.74) is 0. The van der Waals surface area contributed by atoms with Gasteiger partial charge in [0.2, 0.25) is 0 Å². The molecule has 2 heteroatoms. The first-order valence-electron chi connectivity index (χ1n) is 5.05. The molecule has 2 bridgehead atoms. The van der Waals surface area contributed by atoms with Crippen LogP contribution in [0.1, 0.15) is 32.1 Å². The number of rotatable bonds is 3. The Morgan fingerprint density at radius 2 is 2.08 bits per heavy atom. The number of alkyl halides is 1. The van der Waals surface area contributed by atoms with Crippen molar-refractivity contribution >= 4 is 11.6 Å². The molecule has 1 nitrogen and oxygen atoms in total. The Labute approximate surface area is 79.1 Å². The van der Waals surface area contributed by atoms with E-state index < -0.39 is 0 Å². The van der Waals surface area contributed by atoms with Gasteiger partial charge in [0, 0.05) is 5.88 Å². The summed E-state index contributed by atoms with van der Waals surface area (Å²) in [5.74, 6) is 3.03. The predicted molar refractivity (Wildman–Crippen MR) is 50.3 cm³/mol. The molecular formula is C10H17ClO. The van der Waals surface area contributed by atoms with Crippen LogP contribution in [-0.4, -0.2) is 17.1 Å². The third-order valence-corrected chi connectivity index (χ3v) is 3.89. The molecular weight excluding hydrogens is 172 g/mol. The molecule has 70 valence electrons. The van der Waals surface area contributed by atoms with Gasteiger partial charge in [-0.3, -0.25) is 0 Å². The van der Waals surface area contributed by atoms with E-state index >= 15 is 0 Å². The van der Waals surface area contributed by atoms with Crippen LogP contribution in [0.2, 0.25) is 0 Å². The lowest BCUT2D eigenvalue weighted by atomic mass is 9.84. The standard InChI is InChI=1S/C10H17ClO/c11-3-1-2-8-4-7-5-9(8)10(12)6-7/h7-10,12H,1-6H2. The summed E-state index contributed by atoms with van der Waals surface area (Å²) in [6.45, 7) is 0. The van der Waals surface area contributed by atoms with Gasteiger partial charge in [0.05, 0.1) is 6.10 Å². The average molecular weight is 189 g/mol. The molecule has 4 atom stereocenters. The third-order valence-electron chi connectivity index (χ3n) is 3.62. The molecule has 2 aliphatic carbocycles. The quantitative estimate of drug-likeness (QED) is 0.675. The van der Waals surface area contributed by atoms with Crippen molar-refractivity contribution in [3.63, 3.8) is 0 Å². The fraction of sp³-hybridized carbons (Fsp3) is 1.00. The van der Waals surface area contributed by atoms with Gasteiger partial charge in [-0.1, -0.05) is 0 Å². The SMILES string of the molecule is OC1CC2CC(CCCCl)C1C2. The van der Waals surface area contributed by atoms with E-state index in [1.807, 2.05) is 0 Å². The summed E-state index contributed by atoms with van der Waals surface area (Å²) in [7, 11) is 0. The fourth-order valence-corrected chi connectivity index (χ4v) is 3.28. The van der Waals surface area contributed by atoms with Crippen LogP contribution in [0.15, 0.2) is 0 Å². The summed E-state index contributed by atoms with van der Waals surface area (Å²) in [6.07, 6.45) is 6.10. The zero-order valence-electron chi connectivity index (χ0n) is 7.38. The van der Waals surface area contributed by atoms with Crippen LogP contribution in [0, 0.1) is 17.8 Å². The van der Waals surface area contributed by atoms with Gasteiger partial charge in [-0.2, -0.15) is 0 Å². The van der Waals surface area contributed by atoms with Gasteiger partial charge in [-0.15, -0.1) is 11.6 Å². The number of aliphatic hydroxyl groups excluding tert-OH is 1. The van der Waals surface area contributed by atoms with Crippen molar-refractivity contribution in [2.75, 3.05) is 5.88 Å². The number of hydrogen-bond acceptors (Lipinski definition) is 1. The van der Waals surface area contributed by atoms with Crippen LogP contribution in [0.4, 0.5) is 0 Å². The molecule has 2 rings (SSSR count). The monoisotopic (exact) mass is 188 g/mol. The van der Waals surface area contributed by atoms with E-state index in [1.165, 1.54) is 19.3 Å². The average Bonchev–Trinajstić information content (AvgIpc) is 2.58. The molecule has 0 aliphatic heterocycles. The Hall–Kier alpha value is 0.250. The molecule has 2 aliphatic rings. The summed E-state index contributed by atoms with van der Waals surface area (Å²) in [4.78, 5) is 0. The van der Waals surface area contributed by atoms with E-state index in [1.54, 1.807) is 0 Å². The van der Waals surface area contributed by atoms with Crippen molar-refractivity contribution in [2.45, 2.75) is 38.2 Å². The molecule has 2 saturated carbocycles. The zero-order chi connectivity index (χ0) is 8.55. The van der Waals surface area contributed by atoms with Gasteiger partial charge in [0.15, 0.2) is 0 Å². The first-order valence-corrected chi connectivity index (χ1v) is 5.58. The van der Waals surface area contributed by atoms with Crippen molar-refractivity contribution in [1.82, 2.24) is 0 Å². The maximum atomic E-state index is 9.66. The van der Waals surface area contributed by atoms with E-state index in [9.17, 15) is 5.11 Å². The summed E-state index contributed by atoms with van der Waals surface area (Å²) < 4.78 is 0. The van der Waals surface area contributed by atoms with E-state index in [0.29, 0.717) is 5.92 Å². The molecule has 0 radical (unpaired) electrons. The predicted octanol–water partition coefficient (Wildman–Crippen LogP) is 2.41. The largest absolute Gasteiger partial charge is 0.393 e. The van der Waals surface area contributed by atoms with Crippen LogP contribution in [0.25, 0.3) is 0 Å². The second kappa shape index (κ2) is 3.55. The highest BCUT2D eigenvalue weighted by atomic mass is 35.5. The van der Waals surface area contributed by atoms with Crippen LogP contribution < -0.4 is 0 Å². The van der Waals surface area contributed by atoms with Crippen molar-refractivity contribution in [2.24, 2.45) is 17.8 Å². The Kier molecular flexibility index (Phi) is 2.61. The molecule has 0 aromatic heterocycles. The normalized spacial score (nSPS) is 45.5. The minimum atomic E-state index is 0.0177. The van der Waals surface area contributed by atoms with Crippen molar-refractivity contribution in [1.29, 1.82) is 0 Å². The van der Waals surface area contributed by atoms with E-state index in [4.69, 9.17) is 11.6 Å². The van der Waals surface area contributed by atoms with Gasteiger partial charge < -0.3 is 5.11 Å². The first kappa shape index (κ1) is 8.83. The maximum Gasteiger partial charge on any atom is 0.0573 e. The molecule has 0 aromatic carbocycles. The molecule has 4 unspecified atom stereocenters.